The largest absolute Gasteiger partial charge is 0.488 e. The van der Waals surface area contributed by atoms with Crippen molar-refractivity contribution in [2.75, 3.05) is 13.3 Å². The third kappa shape index (κ3) is 5.42. The van der Waals surface area contributed by atoms with E-state index in [-0.39, 0.29) is 13.3 Å². The molecule has 2 N–H and O–H groups in total. The molecule has 162 valence electrons. The average Bonchev–Trinajstić information content (AvgIpc) is 3.30. The normalized spacial score (nSPS) is 11.9. The highest BCUT2D eigenvalue weighted by Gasteiger charge is 2.16. The number of carbonyl (C=O) groups excluding carboxylic acids is 2. The van der Waals surface area contributed by atoms with Crippen molar-refractivity contribution in [3.63, 3.8) is 0 Å². The molecular weight excluding hydrogens is 410 g/mol. The molecule has 0 unspecified atom stereocenters. The Morgan fingerprint density at radius 3 is 2.62 bits per heavy atom. The molecule has 3 aromatic carbocycles. The third-order valence-electron chi connectivity index (χ3n) is 4.59. The number of carbonyl (C=O) groups is 2. The summed E-state index contributed by atoms with van der Waals surface area (Å²) in [4.78, 5) is 24.3. The van der Waals surface area contributed by atoms with Gasteiger partial charge in [-0.3, -0.25) is 9.59 Å². The Morgan fingerprint density at radius 2 is 1.75 bits per heavy atom. The molecule has 0 saturated heterocycles. The molecule has 3 aromatic rings. The molecule has 0 atom stereocenters. The van der Waals surface area contributed by atoms with Gasteiger partial charge in [0.05, 0.1) is 12.8 Å². The van der Waals surface area contributed by atoms with Crippen molar-refractivity contribution < 1.29 is 23.8 Å². The van der Waals surface area contributed by atoms with Crippen LogP contribution in [0.3, 0.4) is 0 Å². The van der Waals surface area contributed by atoms with Gasteiger partial charge in [-0.1, -0.05) is 42.5 Å². The van der Waals surface area contributed by atoms with Crippen molar-refractivity contribution in [3.8, 4) is 17.2 Å². The first kappa shape index (κ1) is 20.9. The number of hydrogen-bond acceptors (Lipinski definition) is 6. The maximum absolute atomic E-state index is 12.2. The molecule has 0 bridgehead atoms. The Labute approximate surface area is 184 Å². The van der Waals surface area contributed by atoms with Gasteiger partial charge in [0, 0.05) is 11.1 Å². The maximum Gasteiger partial charge on any atom is 0.259 e. The monoisotopic (exact) mass is 431 g/mol. The van der Waals surface area contributed by atoms with Crippen LogP contribution in [0, 0.1) is 0 Å². The number of nitrogens with zero attached hydrogens (tertiary/aromatic N) is 1. The number of benzene rings is 3. The van der Waals surface area contributed by atoms with E-state index in [9.17, 15) is 9.59 Å². The van der Waals surface area contributed by atoms with Gasteiger partial charge in [-0.15, -0.1) is 0 Å². The number of hydrazone groups is 1. The van der Waals surface area contributed by atoms with Crippen LogP contribution < -0.4 is 25.0 Å². The van der Waals surface area contributed by atoms with Crippen LogP contribution in [0.5, 0.6) is 17.2 Å². The van der Waals surface area contributed by atoms with Gasteiger partial charge in [0.1, 0.15) is 12.4 Å². The Bertz CT molecular complexity index is 1130. The number of hydrogen-bond donors (Lipinski definition) is 2. The van der Waals surface area contributed by atoms with Gasteiger partial charge in [-0.25, -0.2) is 5.43 Å². The number of amides is 2. The van der Waals surface area contributed by atoms with Gasteiger partial charge < -0.3 is 19.5 Å². The second kappa shape index (κ2) is 10.1. The van der Waals surface area contributed by atoms with E-state index in [1.165, 1.54) is 6.21 Å². The highest BCUT2D eigenvalue weighted by molar-refractivity contribution is 5.97. The Hall–Kier alpha value is -4.33. The van der Waals surface area contributed by atoms with Crippen molar-refractivity contribution in [1.29, 1.82) is 0 Å². The Balaban J connectivity index is 1.27. The highest BCUT2D eigenvalue weighted by Crippen LogP contribution is 2.32. The predicted octanol–water partition coefficient (Wildman–Crippen LogP) is 2.87. The van der Waals surface area contributed by atoms with Gasteiger partial charge in [0.15, 0.2) is 11.5 Å². The van der Waals surface area contributed by atoms with Crippen LogP contribution in [0.25, 0.3) is 0 Å². The van der Waals surface area contributed by atoms with E-state index >= 15 is 0 Å². The molecule has 1 heterocycles. The highest BCUT2D eigenvalue weighted by atomic mass is 16.7. The molecule has 0 spiro atoms. The van der Waals surface area contributed by atoms with Crippen LogP contribution in [0.1, 0.15) is 21.5 Å². The van der Waals surface area contributed by atoms with E-state index in [0.717, 1.165) is 5.56 Å². The Morgan fingerprint density at radius 1 is 0.969 bits per heavy atom. The van der Waals surface area contributed by atoms with Crippen molar-refractivity contribution in [3.05, 3.63) is 89.5 Å². The molecule has 0 fully saturated rings. The summed E-state index contributed by atoms with van der Waals surface area (Å²) in [6.07, 6.45) is 1.50. The molecule has 0 aliphatic carbocycles. The van der Waals surface area contributed by atoms with Gasteiger partial charge in [0.25, 0.3) is 11.8 Å². The molecule has 4 rings (SSSR count). The summed E-state index contributed by atoms with van der Waals surface area (Å²) in [6, 6.07) is 22.0. The first-order valence-electron chi connectivity index (χ1n) is 9.94. The zero-order valence-electron chi connectivity index (χ0n) is 17.1. The summed E-state index contributed by atoms with van der Waals surface area (Å²) < 4.78 is 16.3. The number of para-hydroxylation sites is 1. The van der Waals surface area contributed by atoms with Crippen LogP contribution in [-0.4, -0.2) is 31.4 Å². The zero-order valence-corrected chi connectivity index (χ0v) is 17.1. The molecule has 1 aliphatic heterocycles. The molecule has 8 nitrogen and oxygen atoms in total. The topological polar surface area (TPSA) is 98.3 Å². The fraction of sp³-hybridized carbons (Fsp3) is 0.125. The minimum Gasteiger partial charge on any atom is -0.488 e. The van der Waals surface area contributed by atoms with Gasteiger partial charge in [0.2, 0.25) is 6.79 Å². The zero-order chi connectivity index (χ0) is 22.2. The fourth-order valence-corrected chi connectivity index (χ4v) is 2.97. The van der Waals surface area contributed by atoms with Crippen LogP contribution in [0.4, 0.5) is 0 Å². The lowest BCUT2D eigenvalue weighted by Crippen LogP contribution is -2.34. The molecule has 32 heavy (non-hydrogen) atoms. The van der Waals surface area contributed by atoms with E-state index < -0.39 is 11.8 Å². The van der Waals surface area contributed by atoms with E-state index in [2.05, 4.69) is 15.8 Å². The van der Waals surface area contributed by atoms with E-state index in [1.807, 2.05) is 54.6 Å². The van der Waals surface area contributed by atoms with E-state index in [0.29, 0.717) is 35.0 Å². The lowest BCUT2D eigenvalue weighted by Gasteiger charge is -2.09. The Kier molecular flexibility index (Phi) is 6.62. The van der Waals surface area contributed by atoms with Crippen molar-refractivity contribution in [1.82, 2.24) is 10.7 Å². The van der Waals surface area contributed by atoms with Crippen molar-refractivity contribution in [2.45, 2.75) is 6.61 Å². The first-order chi connectivity index (χ1) is 15.7. The summed E-state index contributed by atoms with van der Waals surface area (Å²) in [5.74, 6) is 0.868. The summed E-state index contributed by atoms with van der Waals surface area (Å²) >= 11 is 0. The lowest BCUT2D eigenvalue weighted by atomic mass is 10.2. The smallest absolute Gasteiger partial charge is 0.259 e. The number of fused-ring (bicyclic) bond motifs is 1. The second-order valence-electron chi connectivity index (χ2n) is 6.86. The molecule has 0 aromatic heterocycles. The fourth-order valence-electron chi connectivity index (χ4n) is 2.97. The molecule has 0 radical (unpaired) electrons. The molecule has 2 amide bonds. The van der Waals surface area contributed by atoms with Crippen molar-refractivity contribution in [2.24, 2.45) is 5.10 Å². The third-order valence-corrected chi connectivity index (χ3v) is 4.59. The van der Waals surface area contributed by atoms with Gasteiger partial charge >= 0.3 is 0 Å². The summed E-state index contributed by atoms with van der Waals surface area (Å²) in [6.45, 7) is 0.321. The van der Waals surface area contributed by atoms with E-state index in [4.69, 9.17) is 14.2 Å². The summed E-state index contributed by atoms with van der Waals surface area (Å²) in [5.41, 5.74) is 4.53. The first-order valence-corrected chi connectivity index (χ1v) is 9.94. The standard InChI is InChI=1S/C24H21N3O5/c28-23(14-25-24(29)18-10-11-21-22(12-18)32-16-31-21)27-26-13-19-8-4-5-9-20(19)30-15-17-6-2-1-3-7-17/h1-13H,14-16H2,(H,25,29)(H,27,28). The quantitative estimate of drug-likeness (QED) is 0.422. The van der Waals surface area contributed by atoms with E-state index in [1.54, 1.807) is 18.2 Å². The average molecular weight is 431 g/mol. The summed E-state index contributed by atoms with van der Waals surface area (Å²) in [7, 11) is 0. The SMILES string of the molecule is O=C(CNC(=O)c1ccc2c(c1)OCO2)NN=Cc1ccccc1OCc1ccccc1. The molecule has 8 heteroatoms. The lowest BCUT2D eigenvalue weighted by molar-refractivity contribution is -0.120. The molecular formula is C24H21N3O5. The summed E-state index contributed by atoms with van der Waals surface area (Å²) in [5, 5.41) is 6.51. The van der Waals surface area contributed by atoms with Crippen LogP contribution in [0.15, 0.2) is 77.9 Å². The van der Waals surface area contributed by atoms with Crippen LogP contribution in [0.2, 0.25) is 0 Å². The number of ether oxygens (including phenoxy) is 3. The van der Waals surface area contributed by atoms with Gasteiger partial charge in [-0.05, 0) is 35.9 Å². The minimum absolute atomic E-state index is 0.126. The van der Waals surface area contributed by atoms with Gasteiger partial charge in [-0.2, -0.15) is 5.10 Å². The van der Waals surface area contributed by atoms with Crippen molar-refractivity contribution >= 4 is 18.0 Å². The predicted molar refractivity (Wildman–Crippen MR) is 118 cm³/mol. The molecule has 0 saturated carbocycles. The second-order valence-corrected chi connectivity index (χ2v) is 6.86. The van der Waals surface area contributed by atoms with Crippen LogP contribution >= 0.6 is 0 Å². The number of nitrogens with one attached hydrogen (secondary N) is 2. The van der Waals surface area contributed by atoms with Crippen LogP contribution in [-0.2, 0) is 11.4 Å². The molecule has 1 aliphatic rings. The number of rotatable bonds is 8. The minimum atomic E-state index is -0.460. The maximum atomic E-state index is 12.2.